The predicted octanol–water partition coefficient (Wildman–Crippen LogP) is 2.93. The van der Waals surface area contributed by atoms with Gasteiger partial charge in [0.15, 0.2) is 0 Å². The van der Waals surface area contributed by atoms with Gasteiger partial charge in [0.25, 0.3) is 0 Å². The largest absolute Gasteiger partial charge is 0.348 e. The molecule has 2 rings (SSSR count). The first-order valence-electron chi connectivity index (χ1n) is 8.34. The second-order valence-electron chi connectivity index (χ2n) is 6.79. The first-order chi connectivity index (χ1) is 11.2. The summed E-state index contributed by atoms with van der Waals surface area (Å²) in [5, 5.41) is 2.98. The number of nitrogens with one attached hydrogen (secondary N) is 1. The molecule has 24 heavy (non-hydrogen) atoms. The minimum atomic E-state index is -3.15. The van der Waals surface area contributed by atoms with Crippen molar-refractivity contribution in [2.75, 3.05) is 16.6 Å². The Morgan fingerprint density at radius 3 is 2.50 bits per heavy atom. The topological polar surface area (TPSA) is 66.5 Å². The molecule has 0 radical (unpaired) electrons. The maximum Gasteiger partial charge on any atom is 0.244 e. The van der Waals surface area contributed by atoms with Gasteiger partial charge in [-0.25, -0.2) is 8.42 Å². The molecule has 0 aliphatic carbocycles. The third-order valence-electron chi connectivity index (χ3n) is 4.04. The predicted molar refractivity (Wildman–Crippen MR) is 98.4 cm³/mol. The molecule has 5 nitrogen and oxygen atoms in total. The van der Waals surface area contributed by atoms with Crippen LogP contribution in [0.4, 0.5) is 5.69 Å². The van der Waals surface area contributed by atoms with E-state index in [4.69, 9.17) is 0 Å². The number of anilines is 1. The molecule has 0 saturated carbocycles. The SMILES string of the molecule is CCCC(C)(C)NC(=O)/C=C/c1ccc(N2CCCS2(=O)=O)cc1. The van der Waals surface area contributed by atoms with Crippen LogP contribution in [0.3, 0.4) is 0 Å². The van der Waals surface area contributed by atoms with E-state index in [0.717, 1.165) is 18.4 Å². The van der Waals surface area contributed by atoms with Crippen molar-refractivity contribution >= 4 is 27.7 Å². The number of carbonyl (C=O) groups is 1. The number of benzene rings is 1. The molecule has 1 aromatic rings. The molecule has 132 valence electrons. The van der Waals surface area contributed by atoms with Crippen molar-refractivity contribution in [3.8, 4) is 0 Å². The van der Waals surface area contributed by atoms with Crippen LogP contribution >= 0.6 is 0 Å². The van der Waals surface area contributed by atoms with Gasteiger partial charge in [0.05, 0.1) is 11.4 Å². The molecule has 1 aromatic carbocycles. The Hall–Kier alpha value is -1.82. The Morgan fingerprint density at radius 2 is 1.96 bits per heavy atom. The molecule has 0 atom stereocenters. The fourth-order valence-electron chi connectivity index (χ4n) is 2.92. The number of carbonyl (C=O) groups excluding carboxylic acids is 1. The van der Waals surface area contributed by atoms with Gasteiger partial charge in [0.2, 0.25) is 15.9 Å². The van der Waals surface area contributed by atoms with Gasteiger partial charge in [-0.15, -0.1) is 0 Å². The molecule has 1 heterocycles. The summed E-state index contributed by atoms with van der Waals surface area (Å²) in [7, 11) is -3.15. The highest BCUT2D eigenvalue weighted by Crippen LogP contribution is 2.24. The van der Waals surface area contributed by atoms with Crippen LogP contribution in [0.1, 0.15) is 45.6 Å². The Morgan fingerprint density at radius 1 is 1.29 bits per heavy atom. The van der Waals surface area contributed by atoms with Crippen LogP contribution in [0.15, 0.2) is 30.3 Å². The lowest BCUT2D eigenvalue weighted by atomic mass is 9.99. The average molecular weight is 350 g/mol. The molecule has 6 heteroatoms. The summed E-state index contributed by atoms with van der Waals surface area (Å²) in [6.07, 6.45) is 5.85. The number of amides is 1. The van der Waals surface area contributed by atoms with Crippen molar-refractivity contribution in [1.29, 1.82) is 0 Å². The van der Waals surface area contributed by atoms with Crippen molar-refractivity contribution in [2.45, 2.75) is 45.6 Å². The third kappa shape index (κ3) is 4.84. The second-order valence-corrected chi connectivity index (χ2v) is 8.80. The van der Waals surface area contributed by atoms with Crippen LogP contribution in [0.2, 0.25) is 0 Å². The fourth-order valence-corrected chi connectivity index (χ4v) is 4.48. The summed E-state index contributed by atoms with van der Waals surface area (Å²) >= 11 is 0. The number of sulfonamides is 1. The monoisotopic (exact) mass is 350 g/mol. The van der Waals surface area contributed by atoms with Crippen molar-refractivity contribution < 1.29 is 13.2 Å². The van der Waals surface area contributed by atoms with Crippen molar-refractivity contribution in [2.24, 2.45) is 0 Å². The van der Waals surface area contributed by atoms with Crippen LogP contribution < -0.4 is 9.62 Å². The molecule has 1 aliphatic rings. The molecule has 0 unspecified atom stereocenters. The summed E-state index contributed by atoms with van der Waals surface area (Å²) in [6.45, 7) is 6.64. The smallest absolute Gasteiger partial charge is 0.244 e. The summed E-state index contributed by atoms with van der Waals surface area (Å²) < 4.78 is 25.3. The number of rotatable bonds is 6. The quantitative estimate of drug-likeness (QED) is 0.802. The first-order valence-corrected chi connectivity index (χ1v) is 9.95. The fraction of sp³-hybridized carbons (Fsp3) is 0.500. The van der Waals surface area contributed by atoms with Gasteiger partial charge in [-0.2, -0.15) is 0 Å². The van der Waals surface area contributed by atoms with Crippen LogP contribution in [-0.4, -0.2) is 32.2 Å². The van der Waals surface area contributed by atoms with E-state index in [-0.39, 0.29) is 17.2 Å². The van der Waals surface area contributed by atoms with E-state index >= 15 is 0 Å². The summed E-state index contributed by atoms with van der Waals surface area (Å²) in [6, 6.07) is 7.21. The second kappa shape index (κ2) is 7.38. The van der Waals surface area contributed by atoms with Crippen LogP contribution in [-0.2, 0) is 14.8 Å². The van der Waals surface area contributed by atoms with E-state index < -0.39 is 10.0 Å². The highest BCUT2D eigenvalue weighted by atomic mass is 32.2. The molecule has 0 aromatic heterocycles. The van der Waals surface area contributed by atoms with E-state index in [2.05, 4.69) is 12.2 Å². The Labute approximate surface area is 144 Å². The van der Waals surface area contributed by atoms with Gasteiger partial charge >= 0.3 is 0 Å². The Kier molecular flexibility index (Phi) is 5.70. The molecule has 0 bridgehead atoms. The summed E-state index contributed by atoms with van der Waals surface area (Å²) in [4.78, 5) is 12.0. The maximum absolute atomic E-state index is 12.0. The van der Waals surface area contributed by atoms with Crippen molar-refractivity contribution in [3.05, 3.63) is 35.9 Å². The molecule has 1 aliphatic heterocycles. The molecule has 1 N–H and O–H groups in total. The first kappa shape index (κ1) is 18.5. The average Bonchev–Trinajstić information content (AvgIpc) is 2.84. The van der Waals surface area contributed by atoms with E-state index in [9.17, 15) is 13.2 Å². The Bertz CT molecular complexity index is 706. The van der Waals surface area contributed by atoms with Gasteiger partial charge < -0.3 is 5.32 Å². The van der Waals surface area contributed by atoms with Crippen molar-refractivity contribution in [3.63, 3.8) is 0 Å². The van der Waals surface area contributed by atoms with E-state index in [1.54, 1.807) is 18.2 Å². The number of nitrogens with zero attached hydrogens (tertiary/aromatic N) is 1. The zero-order valence-electron chi connectivity index (χ0n) is 14.6. The molecular formula is C18H26N2O3S. The molecular weight excluding hydrogens is 324 g/mol. The minimum Gasteiger partial charge on any atom is -0.348 e. The van der Waals surface area contributed by atoms with Crippen LogP contribution in [0.5, 0.6) is 0 Å². The zero-order valence-corrected chi connectivity index (χ0v) is 15.4. The highest BCUT2D eigenvalue weighted by molar-refractivity contribution is 7.93. The number of hydrogen-bond acceptors (Lipinski definition) is 3. The standard InChI is InChI=1S/C18H26N2O3S/c1-4-12-18(2,3)19-17(21)11-8-15-6-9-16(10-7-15)20-13-5-14-24(20,22)23/h6-11H,4-5,12-14H2,1-3H3,(H,19,21)/b11-8+. The van der Waals surface area contributed by atoms with Gasteiger partial charge in [-0.1, -0.05) is 25.5 Å². The molecule has 1 fully saturated rings. The van der Waals surface area contributed by atoms with Gasteiger partial charge in [-0.05, 0) is 50.5 Å². The van der Waals surface area contributed by atoms with E-state index in [1.807, 2.05) is 26.0 Å². The van der Waals surface area contributed by atoms with Crippen LogP contribution in [0.25, 0.3) is 6.08 Å². The van der Waals surface area contributed by atoms with E-state index in [1.165, 1.54) is 10.4 Å². The molecule has 1 saturated heterocycles. The zero-order chi connectivity index (χ0) is 17.8. The van der Waals surface area contributed by atoms with Gasteiger partial charge in [0, 0.05) is 18.2 Å². The molecule has 1 amide bonds. The third-order valence-corrected chi connectivity index (χ3v) is 5.91. The summed E-state index contributed by atoms with van der Waals surface area (Å²) in [5.74, 6) is 0.0854. The summed E-state index contributed by atoms with van der Waals surface area (Å²) in [5.41, 5.74) is 1.32. The lowest BCUT2D eigenvalue weighted by molar-refractivity contribution is -0.118. The van der Waals surface area contributed by atoms with Gasteiger partial charge in [-0.3, -0.25) is 9.10 Å². The van der Waals surface area contributed by atoms with Gasteiger partial charge in [0.1, 0.15) is 0 Å². The van der Waals surface area contributed by atoms with E-state index in [0.29, 0.717) is 18.7 Å². The molecule has 0 spiro atoms. The van der Waals surface area contributed by atoms with Crippen molar-refractivity contribution in [1.82, 2.24) is 5.32 Å². The Balaban J connectivity index is 2.00. The maximum atomic E-state index is 12.0. The number of hydrogen-bond donors (Lipinski definition) is 1. The normalized spacial score (nSPS) is 17.4. The van der Waals surface area contributed by atoms with Crippen LogP contribution in [0, 0.1) is 0 Å². The lowest BCUT2D eigenvalue weighted by Crippen LogP contribution is -2.42. The minimum absolute atomic E-state index is 0.125. The lowest BCUT2D eigenvalue weighted by Gasteiger charge is -2.24. The highest BCUT2D eigenvalue weighted by Gasteiger charge is 2.28.